The number of rotatable bonds is 4. The first-order valence-electron chi connectivity index (χ1n) is 10.3. The molecule has 4 heterocycles. The first-order valence-corrected chi connectivity index (χ1v) is 10.3. The van der Waals surface area contributed by atoms with E-state index in [1.807, 2.05) is 41.8 Å². The van der Waals surface area contributed by atoms with Gasteiger partial charge in [0.1, 0.15) is 17.4 Å². The van der Waals surface area contributed by atoms with E-state index in [4.69, 9.17) is 4.74 Å². The van der Waals surface area contributed by atoms with Crippen molar-refractivity contribution in [2.45, 2.75) is 45.2 Å². The number of hydrogen-bond donors (Lipinski definition) is 2. The monoisotopic (exact) mass is 416 g/mol. The van der Waals surface area contributed by atoms with E-state index in [1.54, 1.807) is 26.2 Å². The number of hydrogen-bond acceptors (Lipinski definition) is 6. The Hall–Kier alpha value is -3.13. The Kier molecular flexibility index (Phi) is 4.62. The smallest absolute Gasteiger partial charge is 0.159 e. The van der Waals surface area contributed by atoms with Crippen molar-refractivity contribution in [3.05, 3.63) is 83.3 Å². The molecule has 0 radical (unpaired) electrons. The highest BCUT2D eigenvalue weighted by Crippen LogP contribution is 2.43. The standard InChI is InChI=1S/C24H24N4O3/c1-14-17-6-4-5-7-18(17)22(31-14)21-19(13-29)27-20-9-8-15(12-28(20)21)16-10-25-23(26-11-16)24(2,3)30/h4-12,14,22,29-30H,13H2,1-3H3/t14-,22-/m0/s1. The Morgan fingerprint density at radius 1 is 1.03 bits per heavy atom. The second-order valence-corrected chi connectivity index (χ2v) is 8.39. The quantitative estimate of drug-likeness (QED) is 0.527. The zero-order valence-electron chi connectivity index (χ0n) is 17.6. The topological polar surface area (TPSA) is 92.8 Å². The van der Waals surface area contributed by atoms with Crippen LogP contribution in [0, 0.1) is 0 Å². The molecule has 1 aliphatic heterocycles. The molecule has 0 saturated carbocycles. The first kappa shape index (κ1) is 19.8. The maximum absolute atomic E-state index is 10.1. The van der Waals surface area contributed by atoms with Gasteiger partial charge < -0.3 is 19.4 Å². The summed E-state index contributed by atoms with van der Waals surface area (Å²) < 4.78 is 8.28. The number of aliphatic hydroxyl groups is 2. The Morgan fingerprint density at radius 3 is 2.42 bits per heavy atom. The van der Waals surface area contributed by atoms with Crippen LogP contribution in [0.2, 0.25) is 0 Å². The van der Waals surface area contributed by atoms with E-state index in [9.17, 15) is 10.2 Å². The summed E-state index contributed by atoms with van der Waals surface area (Å²) in [5.41, 5.74) is 5.02. The van der Waals surface area contributed by atoms with Crippen molar-refractivity contribution in [1.29, 1.82) is 0 Å². The summed E-state index contributed by atoms with van der Waals surface area (Å²) in [5.74, 6) is 0.369. The molecule has 2 atom stereocenters. The summed E-state index contributed by atoms with van der Waals surface area (Å²) in [4.78, 5) is 13.3. The molecule has 3 aromatic heterocycles. The van der Waals surface area contributed by atoms with Crippen molar-refractivity contribution >= 4 is 5.65 Å². The average molecular weight is 416 g/mol. The number of benzene rings is 1. The summed E-state index contributed by atoms with van der Waals surface area (Å²) in [7, 11) is 0. The average Bonchev–Trinajstić information content (AvgIpc) is 3.30. The molecule has 7 nitrogen and oxygen atoms in total. The van der Waals surface area contributed by atoms with Crippen LogP contribution in [0.5, 0.6) is 0 Å². The molecule has 158 valence electrons. The summed E-state index contributed by atoms with van der Waals surface area (Å²) >= 11 is 0. The molecule has 0 unspecified atom stereocenters. The zero-order valence-corrected chi connectivity index (χ0v) is 17.6. The number of imidazole rings is 1. The van der Waals surface area contributed by atoms with E-state index < -0.39 is 5.60 Å². The minimum atomic E-state index is -1.10. The van der Waals surface area contributed by atoms with Crippen LogP contribution in [-0.4, -0.2) is 29.6 Å². The summed E-state index contributed by atoms with van der Waals surface area (Å²) in [6.07, 6.45) is 5.02. The second-order valence-electron chi connectivity index (χ2n) is 8.39. The molecule has 0 fully saturated rings. The molecule has 1 aliphatic rings. The fourth-order valence-corrected chi connectivity index (χ4v) is 4.15. The van der Waals surface area contributed by atoms with Crippen molar-refractivity contribution in [2.24, 2.45) is 0 Å². The van der Waals surface area contributed by atoms with Crippen molar-refractivity contribution in [3.63, 3.8) is 0 Å². The van der Waals surface area contributed by atoms with E-state index in [0.717, 1.165) is 33.6 Å². The van der Waals surface area contributed by atoms with Crippen LogP contribution in [0.4, 0.5) is 0 Å². The third kappa shape index (κ3) is 3.31. The molecule has 0 saturated heterocycles. The number of ether oxygens (including phenoxy) is 1. The van der Waals surface area contributed by atoms with E-state index in [-0.39, 0.29) is 18.8 Å². The lowest BCUT2D eigenvalue weighted by molar-refractivity contribution is 0.0415. The molecule has 0 bridgehead atoms. The predicted octanol–water partition coefficient (Wildman–Crippen LogP) is 3.69. The van der Waals surface area contributed by atoms with Crippen molar-refractivity contribution < 1.29 is 14.9 Å². The van der Waals surface area contributed by atoms with Crippen LogP contribution in [-0.2, 0) is 16.9 Å². The maximum Gasteiger partial charge on any atom is 0.159 e. The van der Waals surface area contributed by atoms with E-state index in [2.05, 4.69) is 27.1 Å². The normalized spacial score (nSPS) is 18.5. The van der Waals surface area contributed by atoms with Crippen LogP contribution in [0.15, 0.2) is 55.0 Å². The van der Waals surface area contributed by atoms with Crippen LogP contribution < -0.4 is 0 Å². The first-order chi connectivity index (χ1) is 14.9. The van der Waals surface area contributed by atoms with Crippen LogP contribution in [0.3, 0.4) is 0 Å². The molecule has 0 spiro atoms. The number of pyridine rings is 1. The van der Waals surface area contributed by atoms with Gasteiger partial charge in [0.15, 0.2) is 5.82 Å². The summed E-state index contributed by atoms with van der Waals surface area (Å²) in [5, 5.41) is 20.1. The minimum absolute atomic E-state index is 0.0377. The molecular weight excluding hydrogens is 392 g/mol. The summed E-state index contributed by atoms with van der Waals surface area (Å²) in [6.45, 7) is 5.17. The van der Waals surface area contributed by atoms with Gasteiger partial charge in [0.05, 0.1) is 24.1 Å². The third-order valence-electron chi connectivity index (χ3n) is 5.72. The number of nitrogens with zero attached hydrogens (tertiary/aromatic N) is 4. The van der Waals surface area contributed by atoms with Gasteiger partial charge in [0.2, 0.25) is 0 Å². The SMILES string of the molecule is C[C@@H]1O[C@H](c2c(CO)nc3ccc(-c4cnc(C(C)(C)O)nc4)cn23)c2ccccc21. The molecule has 1 aromatic carbocycles. The number of aromatic nitrogens is 4. The van der Waals surface area contributed by atoms with Crippen molar-refractivity contribution in [3.8, 4) is 11.1 Å². The van der Waals surface area contributed by atoms with Gasteiger partial charge >= 0.3 is 0 Å². The van der Waals surface area contributed by atoms with Gasteiger partial charge in [-0.05, 0) is 44.0 Å². The molecular formula is C24H24N4O3. The highest BCUT2D eigenvalue weighted by molar-refractivity contribution is 5.64. The maximum atomic E-state index is 10.1. The van der Waals surface area contributed by atoms with E-state index >= 15 is 0 Å². The lowest BCUT2D eigenvalue weighted by Crippen LogP contribution is -2.19. The molecule has 4 aromatic rings. The Balaban J connectivity index is 1.63. The number of aliphatic hydroxyl groups excluding tert-OH is 1. The molecule has 0 aliphatic carbocycles. The Labute approximate surface area is 180 Å². The van der Waals surface area contributed by atoms with Crippen LogP contribution in [0.25, 0.3) is 16.8 Å². The molecule has 7 heteroatoms. The van der Waals surface area contributed by atoms with Gasteiger partial charge in [0, 0.05) is 29.7 Å². The fraction of sp³-hybridized carbons (Fsp3) is 0.292. The van der Waals surface area contributed by atoms with Gasteiger partial charge in [-0.3, -0.25) is 0 Å². The highest BCUT2D eigenvalue weighted by Gasteiger charge is 2.34. The van der Waals surface area contributed by atoms with E-state index in [1.165, 1.54) is 0 Å². The Bertz CT molecular complexity index is 1260. The van der Waals surface area contributed by atoms with E-state index in [0.29, 0.717) is 11.5 Å². The van der Waals surface area contributed by atoms with Crippen molar-refractivity contribution in [2.75, 3.05) is 0 Å². The highest BCUT2D eigenvalue weighted by atomic mass is 16.5. The molecule has 31 heavy (non-hydrogen) atoms. The number of fused-ring (bicyclic) bond motifs is 2. The molecule has 0 amide bonds. The predicted molar refractivity (Wildman–Crippen MR) is 115 cm³/mol. The van der Waals surface area contributed by atoms with Gasteiger partial charge in [-0.15, -0.1) is 0 Å². The van der Waals surface area contributed by atoms with Crippen LogP contribution >= 0.6 is 0 Å². The molecule has 5 rings (SSSR count). The largest absolute Gasteiger partial charge is 0.390 e. The molecule has 2 N–H and O–H groups in total. The third-order valence-corrected chi connectivity index (χ3v) is 5.72. The lowest BCUT2D eigenvalue weighted by atomic mass is 10.00. The van der Waals surface area contributed by atoms with Crippen LogP contribution in [0.1, 0.15) is 61.3 Å². The minimum Gasteiger partial charge on any atom is -0.390 e. The lowest BCUT2D eigenvalue weighted by Gasteiger charge is -2.16. The Morgan fingerprint density at radius 2 is 1.74 bits per heavy atom. The summed E-state index contributed by atoms with van der Waals surface area (Å²) in [6, 6.07) is 12.0. The van der Waals surface area contributed by atoms with Gasteiger partial charge in [0.25, 0.3) is 0 Å². The zero-order chi connectivity index (χ0) is 21.8. The van der Waals surface area contributed by atoms with Crippen molar-refractivity contribution in [1.82, 2.24) is 19.4 Å². The fourth-order valence-electron chi connectivity index (χ4n) is 4.15. The second kappa shape index (κ2) is 7.23. The van der Waals surface area contributed by atoms with Gasteiger partial charge in [-0.2, -0.15) is 0 Å². The van der Waals surface area contributed by atoms with Gasteiger partial charge in [-0.25, -0.2) is 15.0 Å². The van der Waals surface area contributed by atoms with Gasteiger partial charge in [-0.1, -0.05) is 24.3 Å².